The number of aromatic nitrogens is 2. The van der Waals surface area contributed by atoms with Crippen LogP contribution < -0.4 is 9.47 Å². The van der Waals surface area contributed by atoms with Crippen LogP contribution >= 0.6 is 0 Å². The molecule has 0 radical (unpaired) electrons. The Kier molecular flexibility index (Phi) is 6.59. The van der Waals surface area contributed by atoms with Crippen LogP contribution in [0.4, 0.5) is 0 Å². The number of ether oxygens (including phenoxy) is 2. The van der Waals surface area contributed by atoms with Gasteiger partial charge in [-0.25, -0.2) is 0 Å². The van der Waals surface area contributed by atoms with Gasteiger partial charge in [-0.05, 0) is 49.1 Å². The maximum absolute atomic E-state index is 13.6. The van der Waals surface area contributed by atoms with E-state index in [2.05, 4.69) is 17.1 Å². The molecule has 4 heterocycles. The highest BCUT2D eigenvalue weighted by molar-refractivity contribution is 5.97. The molecule has 5 rings (SSSR count). The molecule has 2 aromatic heterocycles. The number of aryl methyl sites for hydroxylation is 1. The lowest BCUT2D eigenvalue weighted by molar-refractivity contribution is 0.0699. The molecule has 36 heavy (non-hydrogen) atoms. The number of pyridine rings is 2. The van der Waals surface area contributed by atoms with Crippen LogP contribution in [0, 0.1) is 6.92 Å². The van der Waals surface area contributed by atoms with Crippen molar-refractivity contribution in [1.29, 1.82) is 0 Å². The van der Waals surface area contributed by atoms with Crippen molar-refractivity contribution in [1.82, 2.24) is 19.8 Å². The summed E-state index contributed by atoms with van der Waals surface area (Å²) in [6, 6.07) is 15.3. The molecule has 8 heteroatoms. The van der Waals surface area contributed by atoms with E-state index in [1.807, 2.05) is 41.0 Å². The van der Waals surface area contributed by atoms with E-state index in [0.29, 0.717) is 43.2 Å². The van der Waals surface area contributed by atoms with Crippen molar-refractivity contribution < 1.29 is 19.1 Å². The summed E-state index contributed by atoms with van der Waals surface area (Å²) < 4.78 is 10.5. The van der Waals surface area contributed by atoms with E-state index in [1.165, 1.54) is 25.3 Å². The first-order valence-electron chi connectivity index (χ1n) is 12.2. The van der Waals surface area contributed by atoms with Crippen molar-refractivity contribution in [2.45, 2.75) is 38.8 Å². The first-order valence-corrected chi connectivity index (χ1v) is 12.2. The normalized spacial score (nSPS) is 15.5. The van der Waals surface area contributed by atoms with Crippen molar-refractivity contribution in [3.05, 3.63) is 82.2 Å². The van der Waals surface area contributed by atoms with Crippen molar-refractivity contribution in [3.63, 3.8) is 0 Å². The molecular formula is C28H30N4O4. The van der Waals surface area contributed by atoms with Gasteiger partial charge < -0.3 is 19.3 Å². The van der Waals surface area contributed by atoms with E-state index in [0.717, 1.165) is 24.2 Å². The first kappa shape index (κ1) is 23.8. The number of carbonyl (C=O) groups is 2. The third-order valence-electron chi connectivity index (χ3n) is 7.06. The third-order valence-corrected chi connectivity index (χ3v) is 7.06. The molecule has 2 aliphatic heterocycles. The zero-order valence-electron chi connectivity index (χ0n) is 20.9. The number of nitrogens with zero attached hydrogens (tertiary/aromatic N) is 4. The minimum absolute atomic E-state index is 0.0150. The first-order chi connectivity index (χ1) is 17.5. The van der Waals surface area contributed by atoms with Crippen molar-refractivity contribution in [2.24, 2.45) is 0 Å². The lowest BCUT2D eigenvalue weighted by Crippen LogP contribution is -2.39. The van der Waals surface area contributed by atoms with E-state index in [1.54, 1.807) is 12.1 Å². The number of piperidine rings is 1. The number of methoxy groups -OCH3 is 2. The Balaban J connectivity index is 1.31. The van der Waals surface area contributed by atoms with E-state index in [-0.39, 0.29) is 23.6 Å². The van der Waals surface area contributed by atoms with Gasteiger partial charge in [0.2, 0.25) is 11.8 Å². The van der Waals surface area contributed by atoms with Gasteiger partial charge in [0.15, 0.2) is 0 Å². The molecule has 1 saturated heterocycles. The summed E-state index contributed by atoms with van der Waals surface area (Å²) in [6.07, 6.45) is 1.46. The fourth-order valence-electron chi connectivity index (χ4n) is 5.10. The summed E-state index contributed by atoms with van der Waals surface area (Å²) >= 11 is 0. The fraction of sp³-hybridized carbons (Fsp3) is 0.357. The van der Waals surface area contributed by atoms with Gasteiger partial charge in [-0.2, -0.15) is 4.98 Å². The molecule has 0 saturated carbocycles. The molecule has 186 valence electrons. The van der Waals surface area contributed by atoms with Gasteiger partial charge in [-0.3, -0.25) is 14.6 Å². The molecular weight excluding hydrogens is 456 g/mol. The topological polar surface area (TPSA) is 84.9 Å². The van der Waals surface area contributed by atoms with Gasteiger partial charge in [0.1, 0.15) is 5.56 Å². The quantitative estimate of drug-likeness (QED) is 0.542. The van der Waals surface area contributed by atoms with Crippen LogP contribution in [-0.2, 0) is 13.1 Å². The Labute approximate surface area is 210 Å². The van der Waals surface area contributed by atoms with Crippen LogP contribution in [0.15, 0.2) is 48.5 Å². The predicted molar refractivity (Wildman–Crippen MR) is 134 cm³/mol. The number of hydrogen-bond acceptors (Lipinski definition) is 6. The molecule has 0 aliphatic carbocycles. The molecule has 2 amide bonds. The zero-order valence-corrected chi connectivity index (χ0v) is 20.9. The number of rotatable bonds is 5. The lowest BCUT2D eigenvalue weighted by Gasteiger charge is -2.33. The molecule has 0 N–H and O–H groups in total. The summed E-state index contributed by atoms with van der Waals surface area (Å²) in [6.45, 7) is 4.32. The standard InChI is InChI=1S/C28H30N4O4/c1-18-8-9-22(27(33)32-16-20-6-4-5-7-21(20)17-32)25(29-18)19-12-14-31(15-13-19)28(34)23-10-11-24(35-2)30-26(23)36-3/h4-11,19H,12-17H2,1-3H3. The minimum atomic E-state index is -0.121. The van der Waals surface area contributed by atoms with Crippen LogP contribution in [0.5, 0.6) is 11.8 Å². The Morgan fingerprint density at radius 3 is 2.08 bits per heavy atom. The lowest BCUT2D eigenvalue weighted by atomic mass is 9.89. The number of hydrogen-bond donors (Lipinski definition) is 0. The Morgan fingerprint density at radius 1 is 0.806 bits per heavy atom. The number of carbonyl (C=O) groups excluding carboxylic acids is 2. The molecule has 1 aromatic carbocycles. The minimum Gasteiger partial charge on any atom is -0.481 e. The second-order valence-corrected chi connectivity index (χ2v) is 9.29. The highest BCUT2D eigenvalue weighted by Crippen LogP contribution is 2.33. The average molecular weight is 487 g/mol. The summed E-state index contributed by atoms with van der Waals surface area (Å²) in [4.78, 5) is 39.5. The van der Waals surface area contributed by atoms with Crippen LogP contribution in [0.2, 0.25) is 0 Å². The molecule has 0 unspecified atom stereocenters. The highest BCUT2D eigenvalue weighted by Gasteiger charge is 2.32. The zero-order chi connectivity index (χ0) is 25.2. The largest absolute Gasteiger partial charge is 0.481 e. The number of fused-ring (bicyclic) bond motifs is 1. The summed E-state index contributed by atoms with van der Waals surface area (Å²) in [5, 5.41) is 0. The molecule has 8 nitrogen and oxygen atoms in total. The van der Waals surface area contributed by atoms with Gasteiger partial charge >= 0.3 is 0 Å². The van der Waals surface area contributed by atoms with Crippen molar-refractivity contribution >= 4 is 11.8 Å². The second-order valence-electron chi connectivity index (χ2n) is 9.29. The van der Waals surface area contributed by atoms with E-state index in [9.17, 15) is 9.59 Å². The van der Waals surface area contributed by atoms with Gasteiger partial charge in [0, 0.05) is 43.9 Å². The summed E-state index contributed by atoms with van der Waals surface area (Å²) in [7, 11) is 3.01. The number of likely N-dealkylation sites (tertiary alicyclic amines) is 1. The smallest absolute Gasteiger partial charge is 0.259 e. The number of amides is 2. The van der Waals surface area contributed by atoms with Gasteiger partial charge in [-0.1, -0.05) is 24.3 Å². The second kappa shape index (κ2) is 9.97. The molecule has 0 spiro atoms. The van der Waals surface area contributed by atoms with Crippen LogP contribution in [0.25, 0.3) is 0 Å². The summed E-state index contributed by atoms with van der Waals surface area (Å²) in [5.41, 5.74) is 5.20. The molecule has 2 aliphatic rings. The Hall–Kier alpha value is -3.94. The van der Waals surface area contributed by atoms with Crippen molar-refractivity contribution in [2.75, 3.05) is 27.3 Å². The average Bonchev–Trinajstić information content (AvgIpc) is 3.36. The van der Waals surface area contributed by atoms with E-state index in [4.69, 9.17) is 14.5 Å². The fourth-order valence-corrected chi connectivity index (χ4v) is 5.10. The van der Waals surface area contributed by atoms with Crippen molar-refractivity contribution in [3.8, 4) is 11.8 Å². The molecule has 1 fully saturated rings. The summed E-state index contributed by atoms with van der Waals surface area (Å²) in [5.74, 6) is 0.644. The SMILES string of the molecule is COc1ccc(C(=O)N2CCC(c3nc(C)ccc3C(=O)N3Cc4ccccc4C3)CC2)c(OC)n1. The Morgan fingerprint density at radius 2 is 1.44 bits per heavy atom. The monoisotopic (exact) mass is 486 g/mol. The highest BCUT2D eigenvalue weighted by atomic mass is 16.5. The van der Waals surface area contributed by atoms with Crippen LogP contribution in [-0.4, -0.2) is 58.9 Å². The molecule has 0 atom stereocenters. The van der Waals surface area contributed by atoms with Crippen LogP contribution in [0.1, 0.15) is 62.0 Å². The molecule has 3 aromatic rings. The van der Waals surface area contributed by atoms with E-state index >= 15 is 0 Å². The van der Waals surface area contributed by atoms with Gasteiger partial charge in [0.05, 0.1) is 25.5 Å². The number of benzene rings is 1. The van der Waals surface area contributed by atoms with Gasteiger partial charge in [-0.15, -0.1) is 0 Å². The Bertz CT molecular complexity index is 1280. The predicted octanol–water partition coefficient (Wildman–Crippen LogP) is 3.98. The maximum Gasteiger partial charge on any atom is 0.259 e. The maximum atomic E-state index is 13.6. The molecule has 0 bridgehead atoms. The third kappa shape index (κ3) is 4.51. The van der Waals surface area contributed by atoms with Gasteiger partial charge in [0.25, 0.3) is 11.8 Å². The van der Waals surface area contributed by atoms with Crippen LogP contribution in [0.3, 0.4) is 0 Å². The van der Waals surface area contributed by atoms with E-state index < -0.39 is 0 Å².